The molecule has 0 radical (unpaired) electrons. The summed E-state index contributed by atoms with van der Waals surface area (Å²) in [5.41, 5.74) is 21.5. The summed E-state index contributed by atoms with van der Waals surface area (Å²) in [6, 6.07) is 0. The van der Waals surface area contributed by atoms with E-state index in [1.807, 2.05) is 0 Å². The molecule has 0 spiro atoms. The lowest BCUT2D eigenvalue weighted by molar-refractivity contribution is -0.119. The molecule has 0 atom stereocenters. The van der Waals surface area contributed by atoms with E-state index in [0.717, 1.165) is 135 Å². The molecule has 4 heterocycles. The van der Waals surface area contributed by atoms with E-state index < -0.39 is 0 Å². The van der Waals surface area contributed by atoms with E-state index >= 15 is 0 Å². The van der Waals surface area contributed by atoms with Gasteiger partial charge in [-0.3, -0.25) is 9.59 Å². The first-order valence-corrected chi connectivity index (χ1v) is 19.3. The van der Waals surface area contributed by atoms with Gasteiger partial charge in [-0.25, -0.2) is 19.9 Å². The number of rotatable bonds is 19. The quantitative estimate of drug-likeness (QED) is 0.104. The molecule has 0 saturated heterocycles. The molecule has 14 heteroatoms. The number of nitrogens with two attached hydrogens (primary N) is 2. The zero-order valence-electron chi connectivity index (χ0n) is 31.0. The van der Waals surface area contributed by atoms with Crippen LogP contribution >= 0.6 is 0 Å². The molecule has 2 amide bonds. The summed E-state index contributed by atoms with van der Waals surface area (Å²) in [6.07, 6.45) is 13.4. The summed E-state index contributed by atoms with van der Waals surface area (Å²) in [4.78, 5) is 42.1. The normalized spacial score (nSPS) is 14.1. The van der Waals surface area contributed by atoms with Crippen LogP contribution in [-0.4, -0.2) is 80.4 Å². The molecule has 0 unspecified atom stereocenters. The second-order valence-corrected chi connectivity index (χ2v) is 14.1. The Morgan fingerprint density at radius 2 is 1.04 bits per heavy atom. The largest absolute Gasteiger partial charge is 0.382 e. The lowest BCUT2D eigenvalue weighted by Gasteiger charge is -2.18. The molecule has 6 N–H and O–H groups in total. The average Bonchev–Trinajstić information content (AvgIpc) is 3.68. The maximum absolute atomic E-state index is 11.3. The van der Waals surface area contributed by atoms with Crippen molar-refractivity contribution in [2.24, 2.45) is 0 Å². The molecule has 4 aromatic rings. The molecule has 0 saturated carbocycles. The van der Waals surface area contributed by atoms with Crippen LogP contribution in [-0.2, 0) is 70.7 Å². The first kappa shape index (κ1) is 37.5. The Bertz CT molecular complexity index is 1730. The summed E-state index contributed by atoms with van der Waals surface area (Å²) in [6.45, 7) is 7.99. The number of hydrogen-bond donors (Lipinski definition) is 4. The van der Waals surface area contributed by atoms with Crippen molar-refractivity contribution in [1.82, 2.24) is 39.7 Å². The van der Waals surface area contributed by atoms with Crippen molar-refractivity contribution in [3.8, 4) is 0 Å². The number of amides is 2. The van der Waals surface area contributed by atoms with Crippen LogP contribution in [0.2, 0.25) is 0 Å². The van der Waals surface area contributed by atoms with Gasteiger partial charge in [-0.15, -0.1) is 0 Å². The summed E-state index contributed by atoms with van der Waals surface area (Å²) in [5.74, 6) is 2.90. The number of ether oxygens (including phenoxy) is 2. The van der Waals surface area contributed by atoms with Gasteiger partial charge in [0.2, 0.25) is 11.8 Å². The van der Waals surface area contributed by atoms with Crippen LogP contribution in [0.25, 0.3) is 22.1 Å². The molecule has 0 aliphatic heterocycles. The van der Waals surface area contributed by atoms with Crippen molar-refractivity contribution in [1.29, 1.82) is 0 Å². The van der Waals surface area contributed by atoms with E-state index in [9.17, 15) is 9.59 Å². The number of imidazole rings is 2. The number of pyridine rings is 2. The fourth-order valence-corrected chi connectivity index (χ4v) is 7.73. The summed E-state index contributed by atoms with van der Waals surface area (Å²) in [5, 5.41) is 5.79. The molecule has 14 nitrogen and oxygen atoms in total. The third-order valence-corrected chi connectivity index (χ3v) is 10.2. The van der Waals surface area contributed by atoms with E-state index in [1.165, 1.54) is 11.1 Å². The minimum atomic E-state index is -0.00445. The second-order valence-electron chi connectivity index (χ2n) is 14.1. The number of aromatic nitrogens is 6. The Balaban J connectivity index is 1.04. The molecule has 4 aromatic heterocycles. The van der Waals surface area contributed by atoms with Gasteiger partial charge in [0, 0.05) is 64.3 Å². The van der Waals surface area contributed by atoms with Gasteiger partial charge in [-0.05, 0) is 88.2 Å². The van der Waals surface area contributed by atoms with Gasteiger partial charge in [-0.2, -0.15) is 0 Å². The predicted octanol–water partition coefficient (Wildman–Crippen LogP) is 3.75. The molecular weight excluding hydrogens is 660 g/mol. The number of aryl methyl sites for hydroxylation is 6. The molecule has 0 aromatic carbocycles. The van der Waals surface area contributed by atoms with E-state index in [2.05, 4.69) is 19.8 Å². The SMILES string of the molecule is CC(=O)NCCCCn1c(CCOCCOCCc2nc3c(N)nc4c(c3n2CCCCNC(C)=O)CCCC4)nc2c(N)nc3c(c21)CCCC3. The lowest BCUT2D eigenvalue weighted by atomic mass is 9.95. The molecule has 52 heavy (non-hydrogen) atoms. The molecule has 0 bridgehead atoms. The van der Waals surface area contributed by atoms with Gasteiger partial charge < -0.3 is 40.7 Å². The lowest BCUT2D eigenvalue weighted by Crippen LogP contribution is -2.21. The minimum Gasteiger partial charge on any atom is -0.382 e. The number of nitrogen functional groups attached to an aromatic ring is 2. The van der Waals surface area contributed by atoms with Gasteiger partial charge in [0.25, 0.3) is 0 Å². The van der Waals surface area contributed by atoms with Crippen LogP contribution < -0.4 is 22.1 Å². The van der Waals surface area contributed by atoms with E-state index in [-0.39, 0.29) is 11.8 Å². The van der Waals surface area contributed by atoms with Crippen molar-refractivity contribution in [2.45, 2.75) is 117 Å². The third-order valence-electron chi connectivity index (χ3n) is 10.2. The van der Waals surface area contributed by atoms with Crippen LogP contribution in [0.3, 0.4) is 0 Å². The number of hydrogen-bond acceptors (Lipinski definition) is 10. The highest BCUT2D eigenvalue weighted by Crippen LogP contribution is 2.33. The van der Waals surface area contributed by atoms with Crippen molar-refractivity contribution >= 4 is 45.5 Å². The Hall–Kier alpha value is -4.30. The highest BCUT2D eigenvalue weighted by atomic mass is 16.5. The molecule has 2 aliphatic carbocycles. The Morgan fingerprint density at radius 3 is 1.46 bits per heavy atom. The van der Waals surface area contributed by atoms with Crippen molar-refractivity contribution < 1.29 is 19.1 Å². The maximum Gasteiger partial charge on any atom is 0.216 e. The van der Waals surface area contributed by atoms with E-state index in [0.29, 0.717) is 64.0 Å². The van der Waals surface area contributed by atoms with Crippen LogP contribution in [0, 0.1) is 0 Å². The monoisotopic (exact) mass is 716 g/mol. The van der Waals surface area contributed by atoms with Crippen LogP contribution in [0.5, 0.6) is 0 Å². The molecule has 282 valence electrons. The Labute approximate surface area is 305 Å². The number of carbonyl (C=O) groups is 2. The van der Waals surface area contributed by atoms with Gasteiger partial charge in [0.15, 0.2) is 11.6 Å². The number of fused-ring (bicyclic) bond motifs is 6. The standard InChI is InChI=1S/C38H56N10O4/c1-25(49)41-17-7-9-19-47-31(45-33-35(47)27-11-3-5-13-29(27)43-37(33)39)15-21-51-23-24-52-22-16-32-46-34-36(48(32)20-10-8-18-42-26(2)50)28-12-4-6-14-30(28)44-38(34)40/h3-24H2,1-2H3,(H2,39,43)(H2,40,44)(H,41,49)(H,42,50). The van der Waals surface area contributed by atoms with Crippen molar-refractivity contribution in [2.75, 3.05) is 51.0 Å². The topological polar surface area (TPSA) is 190 Å². The van der Waals surface area contributed by atoms with Crippen LogP contribution in [0.15, 0.2) is 0 Å². The molecule has 2 aliphatic rings. The van der Waals surface area contributed by atoms with Gasteiger partial charge in [0.05, 0.1) is 37.5 Å². The van der Waals surface area contributed by atoms with E-state index in [4.69, 9.17) is 40.9 Å². The number of nitrogens with one attached hydrogen (secondary N) is 2. The highest BCUT2D eigenvalue weighted by molar-refractivity contribution is 5.90. The fraction of sp³-hybridized carbons (Fsp3) is 0.632. The first-order valence-electron chi connectivity index (χ1n) is 19.3. The zero-order chi connectivity index (χ0) is 36.5. The van der Waals surface area contributed by atoms with Crippen LogP contribution in [0.4, 0.5) is 11.6 Å². The minimum absolute atomic E-state index is 0.00445. The van der Waals surface area contributed by atoms with Crippen molar-refractivity contribution in [3.63, 3.8) is 0 Å². The number of carbonyl (C=O) groups excluding carboxylic acids is 2. The predicted molar refractivity (Wildman–Crippen MR) is 202 cm³/mol. The first-order chi connectivity index (χ1) is 25.3. The maximum atomic E-state index is 11.3. The second kappa shape index (κ2) is 18.0. The fourth-order valence-electron chi connectivity index (χ4n) is 7.73. The smallest absolute Gasteiger partial charge is 0.216 e. The van der Waals surface area contributed by atoms with Gasteiger partial charge in [0.1, 0.15) is 22.7 Å². The van der Waals surface area contributed by atoms with E-state index in [1.54, 1.807) is 13.8 Å². The zero-order valence-corrected chi connectivity index (χ0v) is 31.0. The number of anilines is 2. The third kappa shape index (κ3) is 9.00. The average molecular weight is 717 g/mol. The Kier molecular flexibility index (Phi) is 12.9. The summed E-state index contributed by atoms with van der Waals surface area (Å²) in [7, 11) is 0. The molecule has 0 fully saturated rings. The van der Waals surface area contributed by atoms with Crippen molar-refractivity contribution in [3.05, 3.63) is 34.2 Å². The number of nitrogens with zero attached hydrogens (tertiary/aromatic N) is 6. The van der Waals surface area contributed by atoms with Gasteiger partial charge >= 0.3 is 0 Å². The molecule has 6 rings (SSSR count). The Morgan fingerprint density at radius 1 is 0.615 bits per heavy atom. The molecular formula is C38H56N10O4. The highest BCUT2D eigenvalue weighted by Gasteiger charge is 2.24. The summed E-state index contributed by atoms with van der Waals surface area (Å²) >= 11 is 0. The number of unbranched alkanes of at least 4 members (excludes halogenated alkanes) is 2. The summed E-state index contributed by atoms with van der Waals surface area (Å²) < 4.78 is 16.7. The van der Waals surface area contributed by atoms with Gasteiger partial charge in [-0.1, -0.05) is 0 Å². The van der Waals surface area contributed by atoms with Crippen LogP contribution in [0.1, 0.15) is 99.4 Å².